The van der Waals surface area contributed by atoms with Gasteiger partial charge in [-0.3, -0.25) is 14.3 Å². The van der Waals surface area contributed by atoms with Gasteiger partial charge in [-0.25, -0.2) is 4.39 Å². The maximum Gasteiger partial charge on any atom is 0.248 e. The van der Waals surface area contributed by atoms with Gasteiger partial charge in [0.05, 0.1) is 12.1 Å². The van der Waals surface area contributed by atoms with Crippen LogP contribution in [0.2, 0.25) is 0 Å². The first-order valence-corrected chi connectivity index (χ1v) is 9.72. The maximum atomic E-state index is 13.1. The highest BCUT2D eigenvalue weighted by molar-refractivity contribution is 5.94. The van der Waals surface area contributed by atoms with Crippen molar-refractivity contribution in [3.8, 4) is 0 Å². The van der Waals surface area contributed by atoms with E-state index in [-0.39, 0.29) is 24.1 Å². The quantitative estimate of drug-likeness (QED) is 0.637. The molecule has 0 aliphatic heterocycles. The van der Waals surface area contributed by atoms with Crippen LogP contribution < -0.4 is 10.6 Å². The lowest BCUT2D eigenvalue weighted by Gasteiger charge is -2.15. The molecule has 1 heterocycles. The van der Waals surface area contributed by atoms with Crippen molar-refractivity contribution in [1.82, 2.24) is 9.78 Å². The third kappa shape index (κ3) is 4.74. The number of nitrogens with one attached hydrogen (secondary N) is 2. The van der Waals surface area contributed by atoms with Crippen molar-refractivity contribution >= 4 is 23.2 Å². The van der Waals surface area contributed by atoms with E-state index in [1.807, 2.05) is 45.0 Å². The molecule has 2 N–H and O–H groups in total. The topological polar surface area (TPSA) is 76.0 Å². The number of para-hydroxylation sites is 1. The Balaban J connectivity index is 1.72. The molecule has 1 atom stereocenters. The average Bonchev–Trinajstić information content (AvgIpc) is 2.99. The highest BCUT2D eigenvalue weighted by Gasteiger charge is 2.22. The molecule has 1 unspecified atom stereocenters. The van der Waals surface area contributed by atoms with E-state index >= 15 is 0 Å². The van der Waals surface area contributed by atoms with Gasteiger partial charge in [0.1, 0.15) is 11.9 Å². The van der Waals surface area contributed by atoms with E-state index in [1.54, 1.807) is 11.6 Å². The van der Waals surface area contributed by atoms with E-state index in [9.17, 15) is 14.0 Å². The summed E-state index contributed by atoms with van der Waals surface area (Å²) >= 11 is 0. The van der Waals surface area contributed by atoms with Gasteiger partial charge < -0.3 is 10.6 Å². The number of aryl methyl sites for hydroxylation is 2. The second kappa shape index (κ2) is 8.90. The number of halogens is 1. The second-order valence-electron chi connectivity index (χ2n) is 7.31. The van der Waals surface area contributed by atoms with E-state index in [2.05, 4.69) is 15.7 Å². The molecule has 0 saturated heterocycles. The predicted molar refractivity (Wildman–Crippen MR) is 115 cm³/mol. The van der Waals surface area contributed by atoms with Crippen LogP contribution in [0.25, 0.3) is 0 Å². The molecule has 30 heavy (non-hydrogen) atoms. The summed E-state index contributed by atoms with van der Waals surface area (Å²) in [5, 5.41) is 10.2. The fraction of sp³-hybridized carbons (Fsp3) is 0.261. The number of rotatable bonds is 6. The van der Waals surface area contributed by atoms with Gasteiger partial charge in [-0.1, -0.05) is 18.2 Å². The highest BCUT2D eigenvalue weighted by Crippen LogP contribution is 2.21. The third-order valence-electron chi connectivity index (χ3n) is 5.09. The van der Waals surface area contributed by atoms with E-state index in [0.717, 1.165) is 22.5 Å². The Hall–Kier alpha value is -3.48. The van der Waals surface area contributed by atoms with Crippen molar-refractivity contribution in [2.45, 2.75) is 40.2 Å². The van der Waals surface area contributed by atoms with Gasteiger partial charge in [-0.05, 0) is 63.6 Å². The zero-order chi connectivity index (χ0) is 21.8. The number of hydrogen-bond acceptors (Lipinski definition) is 3. The molecule has 0 spiro atoms. The van der Waals surface area contributed by atoms with Crippen LogP contribution in [0.1, 0.15) is 35.5 Å². The molecule has 0 bridgehead atoms. The standard InChI is InChI=1S/C23H25FN4O2/c1-14-7-5-6-8-21(14)26-22(29)13-20-15(2)27-28(16(20)3)17(4)23(30)25-19-11-9-18(24)10-12-19/h5-12,17H,13H2,1-4H3,(H,25,30)(H,26,29). The minimum atomic E-state index is -0.595. The van der Waals surface area contributed by atoms with Crippen molar-refractivity contribution in [3.63, 3.8) is 0 Å². The van der Waals surface area contributed by atoms with Crippen molar-refractivity contribution in [1.29, 1.82) is 0 Å². The zero-order valence-electron chi connectivity index (χ0n) is 17.5. The summed E-state index contributed by atoms with van der Waals surface area (Å²) in [7, 11) is 0. The van der Waals surface area contributed by atoms with Crippen molar-refractivity contribution in [2.75, 3.05) is 10.6 Å². The van der Waals surface area contributed by atoms with Gasteiger partial charge in [-0.2, -0.15) is 5.10 Å². The van der Waals surface area contributed by atoms with Gasteiger partial charge in [0.25, 0.3) is 0 Å². The zero-order valence-corrected chi connectivity index (χ0v) is 17.5. The van der Waals surface area contributed by atoms with Crippen LogP contribution >= 0.6 is 0 Å². The molecular formula is C23H25FN4O2. The Kier molecular flexibility index (Phi) is 6.30. The number of anilines is 2. The first kappa shape index (κ1) is 21.2. The third-order valence-corrected chi connectivity index (χ3v) is 5.09. The minimum Gasteiger partial charge on any atom is -0.326 e. The summed E-state index contributed by atoms with van der Waals surface area (Å²) in [6.07, 6.45) is 0.165. The number of carbonyl (C=O) groups is 2. The summed E-state index contributed by atoms with van der Waals surface area (Å²) in [6, 6.07) is 12.6. The van der Waals surface area contributed by atoms with Gasteiger partial charge in [0.15, 0.2) is 0 Å². The molecule has 2 aromatic carbocycles. The summed E-state index contributed by atoms with van der Waals surface area (Å²) in [5.74, 6) is -0.783. The molecule has 3 aromatic rings. The molecule has 0 saturated carbocycles. The lowest BCUT2D eigenvalue weighted by atomic mass is 10.1. The summed E-state index contributed by atoms with van der Waals surface area (Å²) in [5.41, 5.74) is 4.52. The molecule has 0 aliphatic carbocycles. The van der Waals surface area contributed by atoms with Crippen LogP contribution in [0.5, 0.6) is 0 Å². The van der Waals surface area contributed by atoms with Crippen LogP contribution in [0.15, 0.2) is 48.5 Å². The molecule has 2 amide bonds. The van der Waals surface area contributed by atoms with Gasteiger partial charge in [0, 0.05) is 22.6 Å². The normalized spacial score (nSPS) is 11.8. The molecule has 0 fully saturated rings. The molecule has 6 nitrogen and oxygen atoms in total. The SMILES string of the molecule is Cc1ccccc1NC(=O)Cc1c(C)nn(C(C)C(=O)Nc2ccc(F)cc2)c1C. The summed E-state index contributed by atoms with van der Waals surface area (Å²) < 4.78 is 14.7. The van der Waals surface area contributed by atoms with Crippen molar-refractivity contribution in [3.05, 3.63) is 76.9 Å². The molecular weight excluding hydrogens is 383 g/mol. The van der Waals surface area contributed by atoms with Gasteiger partial charge in [-0.15, -0.1) is 0 Å². The van der Waals surface area contributed by atoms with E-state index in [0.29, 0.717) is 11.4 Å². The number of nitrogens with zero attached hydrogens (tertiary/aromatic N) is 2. The van der Waals surface area contributed by atoms with E-state index in [1.165, 1.54) is 24.3 Å². The van der Waals surface area contributed by atoms with E-state index < -0.39 is 6.04 Å². The number of aromatic nitrogens is 2. The van der Waals surface area contributed by atoms with Crippen molar-refractivity contribution in [2.24, 2.45) is 0 Å². The molecule has 7 heteroatoms. The number of hydrogen-bond donors (Lipinski definition) is 2. The lowest BCUT2D eigenvalue weighted by molar-refractivity contribution is -0.119. The largest absolute Gasteiger partial charge is 0.326 e. The fourth-order valence-corrected chi connectivity index (χ4v) is 3.29. The van der Waals surface area contributed by atoms with E-state index in [4.69, 9.17) is 0 Å². The Bertz CT molecular complexity index is 1070. The van der Waals surface area contributed by atoms with Gasteiger partial charge >= 0.3 is 0 Å². The number of carbonyl (C=O) groups excluding carboxylic acids is 2. The molecule has 0 aliphatic rings. The Morgan fingerprint density at radius 1 is 1.03 bits per heavy atom. The lowest BCUT2D eigenvalue weighted by Crippen LogP contribution is -2.25. The minimum absolute atomic E-state index is 0.140. The molecule has 1 aromatic heterocycles. The Labute approximate surface area is 175 Å². The first-order chi connectivity index (χ1) is 14.3. The second-order valence-corrected chi connectivity index (χ2v) is 7.31. The Morgan fingerprint density at radius 3 is 2.37 bits per heavy atom. The van der Waals surface area contributed by atoms with Crippen molar-refractivity contribution < 1.29 is 14.0 Å². The average molecular weight is 408 g/mol. The monoisotopic (exact) mass is 408 g/mol. The van der Waals surface area contributed by atoms with Crippen LogP contribution in [-0.4, -0.2) is 21.6 Å². The highest BCUT2D eigenvalue weighted by atomic mass is 19.1. The predicted octanol–water partition coefficient (Wildman–Crippen LogP) is 4.33. The van der Waals surface area contributed by atoms with Gasteiger partial charge in [0.2, 0.25) is 11.8 Å². The molecule has 0 radical (unpaired) electrons. The van der Waals surface area contributed by atoms with Crippen LogP contribution in [0.3, 0.4) is 0 Å². The molecule has 3 rings (SSSR count). The molecule has 156 valence electrons. The van der Waals surface area contributed by atoms with Crippen LogP contribution in [-0.2, 0) is 16.0 Å². The smallest absolute Gasteiger partial charge is 0.248 e. The van der Waals surface area contributed by atoms with Crippen LogP contribution in [0.4, 0.5) is 15.8 Å². The number of amides is 2. The van der Waals surface area contributed by atoms with Crippen LogP contribution in [0, 0.1) is 26.6 Å². The summed E-state index contributed by atoms with van der Waals surface area (Å²) in [4.78, 5) is 25.2. The maximum absolute atomic E-state index is 13.1. The Morgan fingerprint density at radius 2 is 1.70 bits per heavy atom. The summed E-state index contributed by atoms with van der Waals surface area (Å²) in [6.45, 7) is 7.34. The first-order valence-electron chi connectivity index (χ1n) is 9.72. The fourth-order valence-electron chi connectivity index (χ4n) is 3.29. The number of benzene rings is 2.